The molecule has 0 unspecified atom stereocenters. The third-order valence-electron chi connectivity index (χ3n) is 4.15. The first-order valence-corrected chi connectivity index (χ1v) is 8.16. The fourth-order valence-electron chi connectivity index (χ4n) is 2.69. The Morgan fingerprint density at radius 3 is 2.24 bits per heavy atom. The molecule has 0 amide bonds. The molecule has 0 saturated heterocycles. The second kappa shape index (κ2) is 6.83. The van der Waals surface area contributed by atoms with Crippen LogP contribution in [0.1, 0.15) is 55.8 Å². The van der Waals surface area contributed by atoms with Gasteiger partial charge >= 0.3 is 0 Å². The third-order valence-corrected chi connectivity index (χ3v) is 4.15. The van der Waals surface area contributed by atoms with Gasteiger partial charge < -0.3 is 5.11 Å². The van der Waals surface area contributed by atoms with Crippen molar-refractivity contribution in [3.05, 3.63) is 52.3 Å². The van der Waals surface area contributed by atoms with Crippen LogP contribution in [0.2, 0.25) is 0 Å². The van der Waals surface area contributed by atoms with Crippen LogP contribution in [-0.4, -0.2) is 14.9 Å². The van der Waals surface area contributed by atoms with Crippen LogP contribution in [0.3, 0.4) is 0 Å². The summed E-state index contributed by atoms with van der Waals surface area (Å²) >= 11 is 0. The number of aliphatic hydroxyl groups excluding tert-OH is 1. The summed E-state index contributed by atoms with van der Waals surface area (Å²) in [6.45, 7) is 10.4. The molecule has 128 valence electrons. The van der Waals surface area contributed by atoms with Gasteiger partial charge in [0.25, 0.3) is 0 Å². The molecule has 0 bridgehead atoms. The first-order chi connectivity index (χ1) is 11.7. The van der Waals surface area contributed by atoms with Crippen LogP contribution in [-0.2, 0) is 12.0 Å². The van der Waals surface area contributed by atoms with Crippen molar-refractivity contribution in [2.45, 2.75) is 46.6 Å². The molecule has 0 aliphatic heterocycles. The first-order valence-electron chi connectivity index (χ1n) is 8.16. The summed E-state index contributed by atoms with van der Waals surface area (Å²) in [6.07, 6.45) is 0. The highest BCUT2D eigenvalue weighted by molar-refractivity contribution is 5.94. The fraction of sp³-hybridized carbons (Fsp3) is 0.350. The molecule has 5 nitrogen and oxygen atoms in total. The highest BCUT2D eigenvalue weighted by Crippen LogP contribution is 2.29. The zero-order chi connectivity index (χ0) is 18.8. The highest BCUT2D eigenvalue weighted by atomic mass is 16.3. The normalized spacial score (nSPS) is 12.3. The minimum atomic E-state index is -0.218. The van der Waals surface area contributed by atoms with Crippen molar-refractivity contribution < 1.29 is 5.11 Å². The van der Waals surface area contributed by atoms with Gasteiger partial charge in [-0.25, -0.2) is 0 Å². The maximum Gasteiger partial charge on any atom is 0.160 e. The summed E-state index contributed by atoms with van der Waals surface area (Å²) in [5, 5.41) is 34.0. The Balaban J connectivity index is 2.64. The van der Waals surface area contributed by atoms with Gasteiger partial charge in [0.05, 0.1) is 5.69 Å². The molecule has 0 radical (unpaired) electrons. The molecule has 0 aliphatic carbocycles. The number of aromatic nitrogens is 2. The van der Waals surface area contributed by atoms with E-state index in [1.807, 2.05) is 31.2 Å². The molecule has 1 heterocycles. The molecule has 0 saturated carbocycles. The Morgan fingerprint density at radius 2 is 1.80 bits per heavy atom. The molecule has 2 rings (SSSR count). The number of hydrogen-bond acceptors (Lipinski definition) is 4. The molecule has 0 atom stereocenters. The number of aryl methyl sites for hydroxylation is 2. The van der Waals surface area contributed by atoms with Crippen LogP contribution in [0.4, 0.5) is 0 Å². The quantitative estimate of drug-likeness (QED) is 0.668. The van der Waals surface area contributed by atoms with Gasteiger partial charge in [-0.05, 0) is 30.4 Å². The number of nitriles is 2. The van der Waals surface area contributed by atoms with Crippen LogP contribution in [0.15, 0.2) is 24.3 Å². The van der Waals surface area contributed by atoms with Gasteiger partial charge in [-0.15, -0.1) is 0 Å². The van der Waals surface area contributed by atoms with Gasteiger partial charge in [0, 0.05) is 6.54 Å². The molecule has 2 aromatic rings. The highest BCUT2D eigenvalue weighted by Gasteiger charge is 2.22. The number of rotatable bonds is 3. The van der Waals surface area contributed by atoms with E-state index in [1.165, 1.54) is 0 Å². The average Bonchev–Trinajstić information content (AvgIpc) is 2.90. The Kier molecular flexibility index (Phi) is 4.99. The molecule has 1 aromatic carbocycles. The summed E-state index contributed by atoms with van der Waals surface area (Å²) in [4.78, 5) is 0. The SMILES string of the molecule is CCn1nc(C)c(C#N)c1C(O)=C(C#N)c1ccc(C(C)(C)C)cc1. The van der Waals surface area contributed by atoms with Crippen molar-refractivity contribution >= 4 is 11.3 Å². The van der Waals surface area contributed by atoms with Crippen LogP contribution in [0.5, 0.6) is 0 Å². The van der Waals surface area contributed by atoms with Crippen molar-refractivity contribution in [3.8, 4) is 12.1 Å². The molecule has 0 fully saturated rings. The Labute approximate surface area is 148 Å². The first kappa shape index (κ1) is 18.3. The molecular formula is C20H22N4O. The molecule has 25 heavy (non-hydrogen) atoms. The maximum atomic E-state index is 10.7. The van der Waals surface area contributed by atoms with Gasteiger partial charge in [-0.2, -0.15) is 15.6 Å². The van der Waals surface area contributed by atoms with Crippen LogP contribution in [0, 0.1) is 29.6 Å². The Bertz CT molecular complexity index is 897. The summed E-state index contributed by atoms with van der Waals surface area (Å²) in [5.41, 5.74) is 3.00. The van der Waals surface area contributed by atoms with Crippen LogP contribution < -0.4 is 0 Å². The zero-order valence-electron chi connectivity index (χ0n) is 15.3. The fourth-order valence-corrected chi connectivity index (χ4v) is 2.69. The predicted octanol–water partition coefficient (Wildman–Crippen LogP) is 4.33. The average molecular weight is 334 g/mol. The Hall–Kier alpha value is -3.05. The molecule has 0 spiro atoms. The maximum absolute atomic E-state index is 10.7. The second-order valence-corrected chi connectivity index (χ2v) is 6.90. The van der Waals surface area contributed by atoms with Crippen LogP contribution in [0.25, 0.3) is 11.3 Å². The molecule has 5 heteroatoms. The Morgan fingerprint density at radius 1 is 1.20 bits per heavy atom. The van der Waals surface area contributed by atoms with E-state index in [4.69, 9.17) is 0 Å². The zero-order valence-corrected chi connectivity index (χ0v) is 15.3. The van der Waals surface area contributed by atoms with Crippen molar-refractivity contribution in [3.63, 3.8) is 0 Å². The molecule has 0 aliphatic rings. The lowest BCUT2D eigenvalue weighted by molar-refractivity contribution is 0.497. The number of hydrogen-bond donors (Lipinski definition) is 1. The van der Waals surface area contributed by atoms with Crippen molar-refractivity contribution in [1.29, 1.82) is 10.5 Å². The van der Waals surface area contributed by atoms with Gasteiger partial charge in [0.15, 0.2) is 5.76 Å². The lowest BCUT2D eigenvalue weighted by Gasteiger charge is -2.19. The van der Waals surface area contributed by atoms with Crippen molar-refractivity contribution in [1.82, 2.24) is 9.78 Å². The molecule has 1 N–H and O–H groups in total. The largest absolute Gasteiger partial charge is 0.504 e. The summed E-state index contributed by atoms with van der Waals surface area (Å²) in [5.74, 6) is -0.218. The van der Waals surface area contributed by atoms with E-state index in [2.05, 4.69) is 38.0 Å². The lowest BCUT2D eigenvalue weighted by atomic mass is 9.86. The number of nitrogens with zero attached hydrogens (tertiary/aromatic N) is 4. The monoisotopic (exact) mass is 334 g/mol. The van der Waals surface area contributed by atoms with Gasteiger partial charge in [0.2, 0.25) is 0 Å². The van der Waals surface area contributed by atoms with Gasteiger partial charge in [-0.3, -0.25) is 4.68 Å². The van der Waals surface area contributed by atoms with E-state index in [0.29, 0.717) is 29.1 Å². The number of allylic oxidation sites excluding steroid dienone is 1. The van der Waals surface area contributed by atoms with E-state index in [9.17, 15) is 15.6 Å². The van der Waals surface area contributed by atoms with Gasteiger partial charge in [-0.1, -0.05) is 45.0 Å². The standard InChI is InChI=1S/C20H22N4O/c1-6-24-18(16(11-21)13(2)23-24)19(25)17(12-22)14-7-9-15(10-8-14)20(3,4)5/h7-10,25H,6H2,1-5H3. The van der Waals surface area contributed by atoms with E-state index in [1.54, 1.807) is 11.6 Å². The summed E-state index contributed by atoms with van der Waals surface area (Å²) in [7, 11) is 0. The van der Waals surface area contributed by atoms with Crippen molar-refractivity contribution in [2.75, 3.05) is 0 Å². The molecule has 1 aromatic heterocycles. The van der Waals surface area contributed by atoms with E-state index >= 15 is 0 Å². The van der Waals surface area contributed by atoms with E-state index in [0.717, 1.165) is 5.56 Å². The van der Waals surface area contributed by atoms with E-state index < -0.39 is 0 Å². The summed E-state index contributed by atoms with van der Waals surface area (Å²) < 4.78 is 1.55. The van der Waals surface area contributed by atoms with Crippen LogP contribution >= 0.6 is 0 Å². The number of benzene rings is 1. The van der Waals surface area contributed by atoms with Crippen molar-refractivity contribution in [2.24, 2.45) is 0 Å². The lowest BCUT2D eigenvalue weighted by Crippen LogP contribution is -2.10. The number of aliphatic hydroxyl groups is 1. The minimum Gasteiger partial charge on any atom is -0.504 e. The minimum absolute atomic E-state index is 0.00299. The summed E-state index contributed by atoms with van der Waals surface area (Å²) in [6, 6.07) is 11.7. The van der Waals surface area contributed by atoms with Gasteiger partial charge in [0.1, 0.15) is 29.0 Å². The smallest absolute Gasteiger partial charge is 0.160 e. The topological polar surface area (TPSA) is 85.6 Å². The molecular weight excluding hydrogens is 312 g/mol. The second-order valence-electron chi connectivity index (χ2n) is 6.90. The van der Waals surface area contributed by atoms with E-state index in [-0.39, 0.29) is 16.7 Å². The third kappa shape index (κ3) is 3.41. The predicted molar refractivity (Wildman–Crippen MR) is 97.6 cm³/mol.